The van der Waals surface area contributed by atoms with Gasteiger partial charge < -0.3 is 0 Å². The molecule has 2 aliphatic rings. The molecule has 0 saturated heterocycles. The lowest BCUT2D eigenvalue weighted by Crippen LogP contribution is -2.44. The van der Waals surface area contributed by atoms with Gasteiger partial charge >= 0.3 is 0 Å². The Kier molecular flexibility index (Phi) is 11.8. The molecule has 0 amide bonds. The first-order valence-electron chi connectivity index (χ1n) is 26.5. The van der Waals surface area contributed by atoms with Crippen LogP contribution in [0.3, 0.4) is 0 Å². The van der Waals surface area contributed by atoms with Gasteiger partial charge in [-0.05, 0) is 116 Å². The van der Waals surface area contributed by atoms with Gasteiger partial charge in [-0.1, -0.05) is 183 Å². The average Bonchev–Trinajstić information content (AvgIpc) is 3.85. The summed E-state index contributed by atoms with van der Waals surface area (Å²) in [5.41, 5.74) is 19.8. The van der Waals surface area contributed by atoms with Crippen molar-refractivity contribution in [3.63, 3.8) is 0 Å². The van der Waals surface area contributed by atoms with E-state index < -0.39 is 26.9 Å². The van der Waals surface area contributed by atoms with E-state index in [-0.39, 0.29) is 0 Å². The first kappa shape index (κ1) is 47.2. The molecule has 4 aromatic heterocycles. The maximum absolute atomic E-state index is 5.82. The van der Waals surface area contributed by atoms with E-state index in [9.17, 15) is 0 Å². The molecule has 2 unspecified atom stereocenters. The normalized spacial score (nSPS) is 17.6. The highest BCUT2D eigenvalue weighted by Gasteiger charge is 2.55. The molecule has 78 heavy (non-hydrogen) atoms. The molecule has 0 spiro atoms. The fourth-order valence-electron chi connectivity index (χ4n) is 12.6. The minimum atomic E-state index is -1.84. The molecule has 10 heteroatoms. The van der Waals surface area contributed by atoms with E-state index >= 15 is 0 Å². The first-order valence-corrected chi connectivity index (χ1v) is 30.5. The van der Waals surface area contributed by atoms with Crippen LogP contribution in [0, 0.1) is 0 Å². The molecule has 8 aromatic carbocycles. The Morgan fingerprint density at radius 2 is 0.564 bits per heavy atom. The Bertz CT molecular complexity index is 4180. The SMILES string of the molecule is C[Si]1=C(c2cnc3ccccc3n2)C(c2ccccc2)=C(c2ccccc2)C1(CCC1(c2cnc3ccccc3n2)C(c2ccccc2)=C(c2ccccc2)C(c2cnc3ccccc3n2)=[Si]1C)c1cnc2ccccc2n1. The third-order valence-corrected chi connectivity index (χ3v) is 22.8. The average molecular weight is 1040 g/mol. The largest absolute Gasteiger partial charge is 0.253 e. The number of hydrogen-bond donors (Lipinski definition) is 0. The molecular formula is C68H50N8Si2. The molecule has 6 heterocycles. The molecular weight excluding hydrogens is 985 g/mol. The molecule has 0 N–H and O–H groups in total. The van der Waals surface area contributed by atoms with Crippen molar-refractivity contribution >= 4 is 93.6 Å². The van der Waals surface area contributed by atoms with Crippen LogP contribution in [0.1, 0.15) is 57.9 Å². The summed E-state index contributed by atoms with van der Waals surface area (Å²) in [6.07, 6.45) is 9.51. The summed E-state index contributed by atoms with van der Waals surface area (Å²) in [6, 6.07) is 76.8. The zero-order valence-corrected chi connectivity index (χ0v) is 45.1. The van der Waals surface area contributed by atoms with E-state index in [2.05, 4.69) is 195 Å². The number of hydrogen-bond acceptors (Lipinski definition) is 8. The number of benzene rings is 8. The van der Waals surface area contributed by atoms with Gasteiger partial charge in [-0.2, -0.15) is 0 Å². The lowest BCUT2D eigenvalue weighted by atomic mass is 9.75. The molecule has 2 atom stereocenters. The van der Waals surface area contributed by atoms with Crippen molar-refractivity contribution < 1.29 is 0 Å². The summed E-state index contributed by atoms with van der Waals surface area (Å²) < 4.78 is 0. The third-order valence-electron chi connectivity index (χ3n) is 16.2. The molecule has 0 saturated carbocycles. The maximum Gasteiger partial charge on any atom is 0.0894 e. The summed E-state index contributed by atoms with van der Waals surface area (Å²) in [6.45, 7) is 4.99. The van der Waals surface area contributed by atoms with Gasteiger partial charge in [0.25, 0.3) is 0 Å². The quantitative estimate of drug-likeness (QED) is 0.118. The fourth-order valence-corrected chi connectivity index (χ4v) is 19.1. The highest BCUT2D eigenvalue weighted by atomic mass is 28.2. The van der Waals surface area contributed by atoms with Crippen molar-refractivity contribution in [1.82, 2.24) is 39.9 Å². The number of para-hydroxylation sites is 8. The minimum Gasteiger partial charge on any atom is -0.253 e. The predicted octanol–water partition coefficient (Wildman–Crippen LogP) is 13.6. The van der Waals surface area contributed by atoms with Gasteiger partial charge in [0.05, 0.1) is 91.7 Å². The number of rotatable bonds is 11. The van der Waals surface area contributed by atoms with Gasteiger partial charge in [0.1, 0.15) is 0 Å². The minimum absolute atomic E-state index is 0.668. The lowest BCUT2D eigenvalue weighted by Gasteiger charge is -2.41. The predicted molar refractivity (Wildman–Crippen MR) is 322 cm³/mol. The third kappa shape index (κ3) is 7.69. The van der Waals surface area contributed by atoms with Crippen LogP contribution in [-0.2, 0) is 10.1 Å². The molecule has 14 rings (SSSR count). The maximum atomic E-state index is 5.82. The second-order valence-corrected chi connectivity index (χ2v) is 25.5. The highest BCUT2D eigenvalue weighted by molar-refractivity contribution is 6.88. The van der Waals surface area contributed by atoms with E-state index in [1.54, 1.807) is 0 Å². The lowest BCUT2D eigenvalue weighted by molar-refractivity contribution is 0.550. The van der Waals surface area contributed by atoms with Gasteiger partial charge in [0.15, 0.2) is 0 Å². The Hall–Kier alpha value is -9.23. The Morgan fingerprint density at radius 1 is 0.295 bits per heavy atom. The van der Waals surface area contributed by atoms with Crippen molar-refractivity contribution in [1.29, 1.82) is 0 Å². The fraction of sp³-hybridized carbons (Fsp3) is 0.0882. The molecule has 2 aliphatic heterocycles. The second-order valence-electron chi connectivity index (χ2n) is 20.3. The standard InChI is InChI=1S/C68H50N8Si2/c1-77-65(57-41-69-49-31-15-19-35-53(49)73-57)61(45-23-7-3-8-24-45)63(47-27-11-5-12-28-47)67(77,59-43-71-51-33-17-21-37-55(51)75-59)39-40-68(60-44-72-52-34-18-22-38-56(52)76-60)64(48-29-13-6-14-30-48)62(46-25-9-4-10-26-46)66(78(68)2)58-42-70-50-32-16-20-36-54(50)74-58/h3-38,41-44H,39-40H2,1-2H3. The van der Waals surface area contributed by atoms with E-state index in [4.69, 9.17) is 39.9 Å². The van der Waals surface area contributed by atoms with Crippen LogP contribution in [-0.4, -0.2) is 67.0 Å². The van der Waals surface area contributed by atoms with Crippen LogP contribution in [0.15, 0.2) is 243 Å². The molecule has 0 aliphatic carbocycles. The zero-order chi connectivity index (χ0) is 52.2. The van der Waals surface area contributed by atoms with Crippen LogP contribution in [0.5, 0.6) is 0 Å². The van der Waals surface area contributed by atoms with E-state index in [1.165, 1.54) is 32.6 Å². The number of nitrogens with zero attached hydrogens (tertiary/aromatic N) is 8. The molecule has 8 nitrogen and oxygen atoms in total. The van der Waals surface area contributed by atoms with Crippen molar-refractivity contribution in [3.05, 3.63) is 288 Å². The first-order chi connectivity index (χ1) is 38.5. The molecule has 0 radical (unpaired) electrons. The van der Waals surface area contributed by atoms with Crippen LogP contribution in [0.4, 0.5) is 0 Å². The second kappa shape index (κ2) is 19.4. The number of aromatic nitrogens is 8. The van der Waals surface area contributed by atoms with Crippen LogP contribution in [0.25, 0.3) is 66.4 Å². The van der Waals surface area contributed by atoms with Crippen molar-refractivity contribution in [3.8, 4) is 0 Å². The monoisotopic (exact) mass is 1030 g/mol. The summed E-state index contributed by atoms with van der Waals surface area (Å²) in [5, 5.41) is 0.982. The zero-order valence-electron chi connectivity index (χ0n) is 43.1. The smallest absolute Gasteiger partial charge is 0.0894 e. The van der Waals surface area contributed by atoms with Crippen LogP contribution in [0.2, 0.25) is 13.1 Å². The molecule has 0 bridgehead atoms. The summed E-state index contributed by atoms with van der Waals surface area (Å²) in [7, 11) is -3.69. The van der Waals surface area contributed by atoms with Crippen LogP contribution < -0.4 is 0 Å². The summed E-state index contributed by atoms with van der Waals surface area (Å²) in [4.78, 5) is 43.6. The van der Waals surface area contributed by atoms with Gasteiger partial charge in [0, 0.05) is 26.9 Å². The van der Waals surface area contributed by atoms with E-state index in [1.807, 2.05) is 60.9 Å². The number of fused-ring (bicyclic) bond motifs is 4. The van der Waals surface area contributed by atoms with E-state index in [0.29, 0.717) is 12.8 Å². The summed E-state index contributed by atoms with van der Waals surface area (Å²) in [5.74, 6) is 0. The Labute approximate surface area is 455 Å². The van der Waals surface area contributed by atoms with Crippen molar-refractivity contribution in [2.24, 2.45) is 0 Å². The topological polar surface area (TPSA) is 103 Å². The van der Waals surface area contributed by atoms with Crippen LogP contribution >= 0.6 is 0 Å². The molecule has 12 aromatic rings. The van der Waals surface area contributed by atoms with Gasteiger partial charge in [-0.3, -0.25) is 19.9 Å². The summed E-state index contributed by atoms with van der Waals surface area (Å²) >= 11 is 0. The number of allylic oxidation sites excluding steroid dienone is 4. The molecule has 370 valence electrons. The van der Waals surface area contributed by atoms with Gasteiger partial charge in [0.2, 0.25) is 0 Å². The Balaban J connectivity index is 1.13. The van der Waals surface area contributed by atoms with E-state index in [0.717, 1.165) is 89.2 Å². The van der Waals surface area contributed by atoms with Gasteiger partial charge in [-0.15, -0.1) is 0 Å². The molecule has 0 fully saturated rings. The van der Waals surface area contributed by atoms with Crippen molar-refractivity contribution in [2.45, 2.75) is 36.0 Å². The van der Waals surface area contributed by atoms with Gasteiger partial charge in [-0.25, -0.2) is 19.9 Å². The van der Waals surface area contributed by atoms with Crippen molar-refractivity contribution in [2.75, 3.05) is 0 Å². The highest BCUT2D eigenvalue weighted by Crippen LogP contribution is 2.57. The Morgan fingerprint density at radius 3 is 0.897 bits per heavy atom.